The Bertz CT molecular complexity index is 320. The van der Waals surface area contributed by atoms with Gasteiger partial charge >= 0.3 is 0 Å². The van der Waals surface area contributed by atoms with Gasteiger partial charge in [-0.2, -0.15) is 0 Å². The van der Waals surface area contributed by atoms with Crippen molar-refractivity contribution in [3.05, 3.63) is 34.9 Å². The van der Waals surface area contributed by atoms with Gasteiger partial charge in [0.1, 0.15) is 0 Å². The molecule has 1 aliphatic rings. The highest BCUT2D eigenvalue weighted by Crippen LogP contribution is 2.22. The third kappa shape index (κ3) is 3.63. The Morgan fingerprint density at radius 2 is 2.00 bits per heavy atom. The molecule has 1 unspecified atom stereocenters. The van der Waals surface area contributed by atoms with Gasteiger partial charge in [0.2, 0.25) is 0 Å². The first kappa shape index (κ1) is 13.8. The van der Waals surface area contributed by atoms with E-state index in [-0.39, 0.29) is 17.9 Å². The third-order valence-corrected chi connectivity index (χ3v) is 3.07. The number of rotatable bonds is 2. The minimum atomic E-state index is -0.188. The van der Waals surface area contributed by atoms with Crippen LogP contribution >= 0.6 is 24.0 Å². The van der Waals surface area contributed by atoms with Gasteiger partial charge in [-0.05, 0) is 37.0 Å². The van der Waals surface area contributed by atoms with Crippen LogP contribution in [0.2, 0.25) is 5.02 Å². The lowest BCUT2D eigenvalue weighted by Gasteiger charge is -2.33. The van der Waals surface area contributed by atoms with Gasteiger partial charge in [0, 0.05) is 17.2 Å². The van der Waals surface area contributed by atoms with Gasteiger partial charge < -0.3 is 10.5 Å². The van der Waals surface area contributed by atoms with E-state index in [1.165, 1.54) is 5.56 Å². The first-order valence-corrected chi connectivity index (χ1v) is 5.67. The summed E-state index contributed by atoms with van der Waals surface area (Å²) in [6.45, 7) is 1.51. The van der Waals surface area contributed by atoms with Gasteiger partial charge in [-0.25, -0.2) is 0 Å². The molecule has 2 N–H and O–H groups in total. The second kappa shape index (κ2) is 5.87. The molecule has 2 rings (SSSR count). The molecule has 0 bridgehead atoms. The SMILES string of the molecule is Cl.NC1(Cc2ccc(Cl)cc2)CCCOC1. The maximum atomic E-state index is 6.27. The van der Waals surface area contributed by atoms with Crippen LogP contribution in [0.15, 0.2) is 24.3 Å². The van der Waals surface area contributed by atoms with Crippen LogP contribution in [-0.2, 0) is 11.2 Å². The predicted octanol–water partition coefficient (Wildman–Crippen LogP) is 2.81. The van der Waals surface area contributed by atoms with E-state index in [4.69, 9.17) is 22.1 Å². The number of ether oxygens (including phenoxy) is 1. The van der Waals surface area contributed by atoms with Crippen LogP contribution in [0.4, 0.5) is 0 Å². The Balaban J connectivity index is 0.00000128. The molecule has 1 aliphatic heterocycles. The van der Waals surface area contributed by atoms with Crippen molar-refractivity contribution >= 4 is 24.0 Å². The van der Waals surface area contributed by atoms with Crippen molar-refractivity contribution < 1.29 is 4.74 Å². The minimum absolute atomic E-state index is 0. The summed E-state index contributed by atoms with van der Waals surface area (Å²) in [5.74, 6) is 0. The van der Waals surface area contributed by atoms with Crippen LogP contribution in [-0.4, -0.2) is 18.8 Å². The van der Waals surface area contributed by atoms with E-state index in [0.717, 1.165) is 30.9 Å². The Labute approximate surface area is 108 Å². The summed E-state index contributed by atoms with van der Waals surface area (Å²) in [5, 5.41) is 0.768. The molecular weight excluding hydrogens is 245 g/mol. The maximum absolute atomic E-state index is 6.27. The summed E-state index contributed by atoms with van der Waals surface area (Å²) >= 11 is 5.83. The second-order valence-corrected chi connectivity index (χ2v) is 4.76. The highest BCUT2D eigenvalue weighted by Gasteiger charge is 2.28. The van der Waals surface area contributed by atoms with Gasteiger partial charge in [-0.1, -0.05) is 23.7 Å². The largest absolute Gasteiger partial charge is 0.380 e. The molecule has 0 aliphatic carbocycles. The fraction of sp³-hybridized carbons (Fsp3) is 0.500. The molecule has 0 aromatic heterocycles. The van der Waals surface area contributed by atoms with Crippen molar-refractivity contribution in [1.29, 1.82) is 0 Å². The number of nitrogens with two attached hydrogens (primary N) is 1. The Hall–Kier alpha value is -0.280. The number of hydrogen-bond donors (Lipinski definition) is 1. The van der Waals surface area contributed by atoms with Crippen LogP contribution in [0.25, 0.3) is 0 Å². The van der Waals surface area contributed by atoms with Crippen LogP contribution in [0.5, 0.6) is 0 Å². The first-order chi connectivity index (χ1) is 7.18. The molecule has 16 heavy (non-hydrogen) atoms. The fourth-order valence-corrected chi connectivity index (χ4v) is 2.15. The fourth-order valence-electron chi connectivity index (χ4n) is 2.02. The Kier molecular flexibility index (Phi) is 5.06. The first-order valence-electron chi connectivity index (χ1n) is 5.29. The van der Waals surface area contributed by atoms with Crippen molar-refractivity contribution in [2.24, 2.45) is 5.73 Å². The van der Waals surface area contributed by atoms with Crippen molar-refractivity contribution in [3.63, 3.8) is 0 Å². The predicted molar refractivity (Wildman–Crippen MR) is 69.4 cm³/mol. The van der Waals surface area contributed by atoms with E-state index in [2.05, 4.69) is 0 Å². The average molecular weight is 262 g/mol. The van der Waals surface area contributed by atoms with Crippen LogP contribution in [0.3, 0.4) is 0 Å². The molecule has 0 amide bonds. The van der Waals surface area contributed by atoms with Crippen molar-refractivity contribution in [2.45, 2.75) is 24.8 Å². The van der Waals surface area contributed by atoms with Crippen LogP contribution in [0, 0.1) is 0 Å². The maximum Gasteiger partial charge on any atom is 0.0649 e. The van der Waals surface area contributed by atoms with E-state index in [0.29, 0.717) is 6.61 Å². The summed E-state index contributed by atoms with van der Waals surface area (Å²) in [5.41, 5.74) is 7.31. The molecule has 0 radical (unpaired) electrons. The van der Waals surface area contributed by atoms with Crippen LogP contribution in [0.1, 0.15) is 18.4 Å². The van der Waals surface area contributed by atoms with Crippen molar-refractivity contribution in [2.75, 3.05) is 13.2 Å². The molecule has 1 heterocycles. The summed E-state index contributed by atoms with van der Waals surface area (Å²) in [4.78, 5) is 0. The molecule has 1 fully saturated rings. The quantitative estimate of drug-likeness (QED) is 0.889. The topological polar surface area (TPSA) is 35.2 Å². The molecule has 1 atom stereocenters. The van der Waals surface area contributed by atoms with Gasteiger partial charge in [-0.15, -0.1) is 12.4 Å². The lowest BCUT2D eigenvalue weighted by molar-refractivity contribution is 0.0382. The molecule has 1 aromatic carbocycles. The highest BCUT2D eigenvalue weighted by atomic mass is 35.5. The zero-order valence-corrected chi connectivity index (χ0v) is 10.7. The zero-order chi connectivity index (χ0) is 10.7. The molecule has 1 aromatic rings. The molecular formula is C12H17Cl2NO. The lowest BCUT2D eigenvalue weighted by atomic mass is 9.87. The smallest absolute Gasteiger partial charge is 0.0649 e. The standard InChI is InChI=1S/C12H16ClNO.ClH/c13-11-4-2-10(3-5-11)8-12(14)6-1-7-15-9-12;/h2-5H,1,6-9,14H2;1H. The molecule has 0 spiro atoms. The number of halogens is 2. The summed E-state index contributed by atoms with van der Waals surface area (Å²) in [6, 6.07) is 7.88. The van der Waals surface area contributed by atoms with E-state index in [9.17, 15) is 0 Å². The molecule has 4 heteroatoms. The lowest BCUT2D eigenvalue weighted by Crippen LogP contribution is -2.49. The Morgan fingerprint density at radius 1 is 1.31 bits per heavy atom. The molecule has 90 valence electrons. The van der Waals surface area contributed by atoms with Gasteiger partial charge in [-0.3, -0.25) is 0 Å². The van der Waals surface area contributed by atoms with Crippen LogP contribution < -0.4 is 5.73 Å². The average Bonchev–Trinajstić information content (AvgIpc) is 2.22. The molecule has 0 saturated carbocycles. The highest BCUT2D eigenvalue weighted by molar-refractivity contribution is 6.30. The molecule has 2 nitrogen and oxygen atoms in total. The number of benzene rings is 1. The third-order valence-electron chi connectivity index (χ3n) is 2.82. The van der Waals surface area contributed by atoms with Crippen molar-refractivity contribution in [3.8, 4) is 0 Å². The summed E-state index contributed by atoms with van der Waals surface area (Å²) in [7, 11) is 0. The summed E-state index contributed by atoms with van der Waals surface area (Å²) in [6.07, 6.45) is 2.96. The van der Waals surface area contributed by atoms with Crippen molar-refractivity contribution in [1.82, 2.24) is 0 Å². The Morgan fingerprint density at radius 3 is 2.56 bits per heavy atom. The minimum Gasteiger partial charge on any atom is -0.380 e. The monoisotopic (exact) mass is 261 g/mol. The van der Waals surface area contributed by atoms with E-state index >= 15 is 0 Å². The van der Waals surface area contributed by atoms with E-state index in [1.807, 2.05) is 24.3 Å². The van der Waals surface area contributed by atoms with E-state index < -0.39 is 0 Å². The normalized spacial score (nSPS) is 24.9. The van der Waals surface area contributed by atoms with Gasteiger partial charge in [0.15, 0.2) is 0 Å². The second-order valence-electron chi connectivity index (χ2n) is 4.32. The summed E-state index contributed by atoms with van der Waals surface area (Å²) < 4.78 is 5.43. The van der Waals surface area contributed by atoms with E-state index in [1.54, 1.807) is 0 Å². The van der Waals surface area contributed by atoms with Gasteiger partial charge in [0.25, 0.3) is 0 Å². The number of hydrogen-bond acceptors (Lipinski definition) is 2. The zero-order valence-electron chi connectivity index (χ0n) is 9.12. The van der Waals surface area contributed by atoms with Gasteiger partial charge in [0.05, 0.1) is 6.61 Å². The molecule has 1 saturated heterocycles.